The van der Waals surface area contributed by atoms with Gasteiger partial charge in [0.05, 0.1) is 18.8 Å². The Morgan fingerprint density at radius 1 is 1.33 bits per heavy atom. The fraction of sp³-hybridized carbons (Fsp3) is 0.312. The zero-order valence-electron chi connectivity index (χ0n) is 12.2. The van der Waals surface area contributed by atoms with Crippen molar-refractivity contribution in [1.29, 1.82) is 5.26 Å². The zero-order chi connectivity index (χ0) is 15.2. The number of ether oxygens (including phenoxy) is 2. The summed E-state index contributed by atoms with van der Waals surface area (Å²) in [6, 6.07) is 13.7. The van der Waals surface area contributed by atoms with Crippen LogP contribution in [0.5, 0.6) is 5.88 Å². The average Bonchev–Trinajstić information content (AvgIpc) is 2.77. The standard InChI is InChI=1S/C16H19N3O2/c1-12(11-20-2)21-16-15(18)8-14(9-17)19(16)10-13-6-4-3-5-7-13/h3-8,12H,10-11,18H2,1-2H3. The van der Waals surface area contributed by atoms with E-state index < -0.39 is 0 Å². The van der Waals surface area contributed by atoms with Crippen LogP contribution in [-0.4, -0.2) is 24.4 Å². The molecule has 1 unspecified atom stereocenters. The van der Waals surface area contributed by atoms with Gasteiger partial charge in [-0.15, -0.1) is 0 Å². The number of methoxy groups -OCH3 is 1. The smallest absolute Gasteiger partial charge is 0.219 e. The van der Waals surface area contributed by atoms with Gasteiger partial charge in [0.25, 0.3) is 0 Å². The predicted molar refractivity (Wildman–Crippen MR) is 81.1 cm³/mol. The Balaban J connectivity index is 2.31. The molecule has 0 aliphatic carbocycles. The summed E-state index contributed by atoms with van der Waals surface area (Å²) in [4.78, 5) is 0. The van der Waals surface area contributed by atoms with Gasteiger partial charge >= 0.3 is 0 Å². The zero-order valence-corrected chi connectivity index (χ0v) is 12.2. The Kier molecular flexibility index (Phi) is 4.85. The van der Waals surface area contributed by atoms with E-state index in [1.807, 2.05) is 37.3 Å². The van der Waals surface area contributed by atoms with Crippen molar-refractivity contribution >= 4 is 5.69 Å². The number of nitrogens with two attached hydrogens (primary N) is 1. The first-order valence-electron chi connectivity index (χ1n) is 6.74. The van der Waals surface area contributed by atoms with Crippen molar-refractivity contribution in [3.63, 3.8) is 0 Å². The normalized spacial score (nSPS) is 11.9. The summed E-state index contributed by atoms with van der Waals surface area (Å²) in [5.41, 5.74) is 8.00. The van der Waals surface area contributed by atoms with Gasteiger partial charge in [-0.1, -0.05) is 30.3 Å². The van der Waals surface area contributed by atoms with Crippen LogP contribution in [0.25, 0.3) is 0 Å². The Morgan fingerprint density at radius 3 is 2.67 bits per heavy atom. The third kappa shape index (κ3) is 3.56. The van der Waals surface area contributed by atoms with Crippen LogP contribution in [0, 0.1) is 11.3 Å². The minimum absolute atomic E-state index is 0.145. The molecule has 0 saturated heterocycles. The summed E-state index contributed by atoms with van der Waals surface area (Å²) in [6.45, 7) is 2.89. The quantitative estimate of drug-likeness (QED) is 0.884. The number of hydrogen-bond donors (Lipinski definition) is 1. The van der Waals surface area contributed by atoms with E-state index in [-0.39, 0.29) is 6.10 Å². The van der Waals surface area contributed by atoms with Crippen molar-refractivity contribution in [2.75, 3.05) is 19.5 Å². The van der Waals surface area contributed by atoms with Gasteiger partial charge in [0.2, 0.25) is 5.88 Å². The number of hydrogen-bond acceptors (Lipinski definition) is 4. The molecular weight excluding hydrogens is 266 g/mol. The minimum Gasteiger partial charge on any atom is -0.472 e. The Hall–Kier alpha value is -2.45. The summed E-state index contributed by atoms with van der Waals surface area (Å²) < 4.78 is 12.7. The van der Waals surface area contributed by atoms with Gasteiger partial charge in [0, 0.05) is 13.2 Å². The summed E-state index contributed by atoms with van der Waals surface area (Å²) in [5, 5.41) is 9.27. The van der Waals surface area contributed by atoms with Gasteiger partial charge in [0.1, 0.15) is 17.9 Å². The molecule has 2 aromatic rings. The molecule has 21 heavy (non-hydrogen) atoms. The van der Waals surface area contributed by atoms with Crippen LogP contribution in [0.1, 0.15) is 18.2 Å². The topological polar surface area (TPSA) is 73.2 Å². The lowest BCUT2D eigenvalue weighted by Crippen LogP contribution is -2.20. The van der Waals surface area contributed by atoms with Gasteiger partial charge in [-0.2, -0.15) is 5.26 Å². The molecule has 5 heteroatoms. The van der Waals surface area contributed by atoms with Crippen molar-refractivity contribution in [2.24, 2.45) is 0 Å². The highest BCUT2D eigenvalue weighted by Crippen LogP contribution is 2.28. The van der Waals surface area contributed by atoms with E-state index in [1.165, 1.54) is 0 Å². The average molecular weight is 285 g/mol. The third-order valence-electron chi connectivity index (χ3n) is 3.09. The molecule has 5 nitrogen and oxygen atoms in total. The molecule has 0 spiro atoms. The number of nitrogen functional groups attached to an aromatic ring is 1. The molecule has 0 amide bonds. The van der Waals surface area contributed by atoms with Crippen molar-refractivity contribution in [3.8, 4) is 11.9 Å². The Morgan fingerprint density at radius 2 is 2.05 bits per heavy atom. The van der Waals surface area contributed by atoms with Crippen LogP contribution < -0.4 is 10.5 Å². The second-order valence-corrected chi connectivity index (χ2v) is 4.86. The molecule has 1 aromatic heterocycles. The highest BCUT2D eigenvalue weighted by atomic mass is 16.5. The Labute approximate surface area is 124 Å². The lowest BCUT2D eigenvalue weighted by Gasteiger charge is -2.17. The maximum absolute atomic E-state index is 9.27. The molecule has 110 valence electrons. The molecule has 0 bridgehead atoms. The maximum Gasteiger partial charge on any atom is 0.219 e. The summed E-state index contributed by atoms with van der Waals surface area (Å²) in [5.74, 6) is 0.514. The van der Waals surface area contributed by atoms with Gasteiger partial charge < -0.3 is 15.2 Å². The van der Waals surface area contributed by atoms with Crippen molar-refractivity contribution in [1.82, 2.24) is 4.57 Å². The fourth-order valence-electron chi connectivity index (χ4n) is 2.16. The predicted octanol–water partition coefficient (Wildman–Crippen LogP) is 2.40. The van der Waals surface area contributed by atoms with Crippen molar-refractivity contribution in [2.45, 2.75) is 19.6 Å². The first-order chi connectivity index (χ1) is 10.2. The molecule has 1 heterocycles. The number of aromatic nitrogens is 1. The first kappa shape index (κ1) is 14.9. The molecule has 1 atom stereocenters. The van der Waals surface area contributed by atoms with Crippen LogP contribution in [0.2, 0.25) is 0 Å². The fourth-order valence-corrected chi connectivity index (χ4v) is 2.16. The van der Waals surface area contributed by atoms with Crippen molar-refractivity contribution in [3.05, 3.63) is 47.7 Å². The van der Waals surface area contributed by atoms with E-state index in [0.29, 0.717) is 30.4 Å². The molecule has 0 saturated carbocycles. The van der Waals surface area contributed by atoms with Gasteiger partial charge in [-0.25, -0.2) is 0 Å². The minimum atomic E-state index is -0.145. The largest absolute Gasteiger partial charge is 0.472 e. The monoisotopic (exact) mass is 285 g/mol. The lowest BCUT2D eigenvalue weighted by atomic mass is 10.2. The molecule has 0 aliphatic heterocycles. The molecular formula is C16H19N3O2. The first-order valence-corrected chi connectivity index (χ1v) is 6.74. The number of anilines is 1. The molecule has 0 fully saturated rings. The second kappa shape index (κ2) is 6.82. The van der Waals surface area contributed by atoms with Gasteiger partial charge in [-0.3, -0.25) is 4.57 Å². The summed E-state index contributed by atoms with van der Waals surface area (Å²) >= 11 is 0. The molecule has 2 N–H and O–H groups in total. The van der Waals surface area contributed by atoms with E-state index in [4.69, 9.17) is 15.2 Å². The molecule has 0 radical (unpaired) electrons. The van der Waals surface area contributed by atoms with Gasteiger partial charge in [0.15, 0.2) is 0 Å². The number of benzene rings is 1. The molecule has 2 rings (SSSR count). The second-order valence-electron chi connectivity index (χ2n) is 4.86. The van der Waals surface area contributed by atoms with Crippen molar-refractivity contribution < 1.29 is 9.47 Å². The lowest BCUT2D eigenvalue weighted by molar-refractivity contribution is 0.0869. The number of rotatable bonds is 6. The molecule has 0 aliphatic rings. The van der Waals surface area contributed by atoms with E-state index in [9.17, 15) is 5.26 Å². The Bertz CT molecular complexity index is 629. The van der Waals surface area contributed by atoms with Crippen LogP contribution in [0.3, 0.4) is 0 Å². The SMILES string of the molecule is COCC(C)Oc1c(N)cc(C#N)n1Cc1ccccc1. The maximum atomic E-state index is 9.27. The summed E-state index contributed by atoms with van der Waals surface area (Å²) in [7, 11) is 1.62. The highest BCUT2D eigenvalue weighted by molar-refractivity contribution is 5.55. The number of nitrogens with zero attached hydrogens (tertiary/aromatic N) is 2. The van der Waals surface area contributed by atoms with Crippen LogP contribution >= 0.6 is 0 Å². The van der Waals surface area contributed by atoms with E-state index >= 15 is 0 Å². The van der Waals surface area contributed by atoms with E-state index in [2.05, 4.69) is 6.07 Å². The van der Waals surface area contributed by atoms with Crippen LogP contribution in [-0.2, 0) is 11.3 Å². The van der Waals surface area contributed by atoms with Crippen LogP contribution in [0.15, 0.2) is 36.4 Å². The highest BCUT2D eigenvalue weighted by Gasteiger charge is 2.17. The summed E-state index contributed by atoms with van der Waals surface area (Å²) in [6.07, 6.45) is -0.145. The van der Waals surface area contributed by atoms with Crippen LogP contribution in [0.4, 0.5) is 5.69 Å². The van der Waals surface area contributed by atoms with Gasteiger partial charge in [-0.05, 0) is 12.5 Å². The van der Waals surface area contributed by atoms with E-state index in [1.54, 1.807) is 17.7 Å². The third-order valence-corrected chi connectivity index (χ3v) is 3.09. The molecule has 1 aromatic carbocycles. The van der Waals surface area contributed by atoms with E-state index in [0.717, 1.165) is 5.56 Å². The number of nitriles is 1.